The van der Waals surface area contributed by atoms with Gasteiger partial charge in [-0.2, -0.15) is 0 Å². The fourth-order valence-electron chi connectivity index (χ4n) is 3.19. The van der Waals surface area contributed by atoms with Crippen molar-refractivity contribution in [1.29, 1.82) is 0 Å². The van der Waals surface area contributed by atoms with Gasteiger partial charge in [0.05, 0.1) is 13.1 Å². The highest BCUT2D eigenvalue weighted by molar-refractivity contribution is 5.06. The van der Waals surface area contributed by atoms with Crippen molar-refractivity contribution in [3.8, 4) is 0 Å². The maximum Gasteiger partial charge on any atom is 0.230 e. The molecular formula is C17H26N4O3. The second-order valence-corrected chi connectivity index (χ2v) is 6.33. The molecule has 0 aromatic carbocycles. The Morgan fingerprint density at radius 1 is 1.17 bits per heavy atom. The number of aromatic nitrogens is 2. The third-order valence-corrected chi connectivity index (χ3v) is 4.48. The second-order valence-electron chi connectivity index (χ2n) is 6.33. The number of nitrogens with zero attached hydrogens (tertiary/aromatic N) is 4. The SMILES string of the molecule is CCc1nnc(CN2CCN(Cc3ccc(C)o3)[C@@H](CCO)C2)o1. The maximum absolute atomic E-state index is 9.41. The molecule has 132 valence electrons. The highest BCUT2D eigenvalue weighted by atomic mass is 16.4. The topological polar surface area (TPSA) is 78.8 Å². The fourth-order valence-corrected chi connectivity index (χ4v) is 3.19. The van der Waals surface area contributed by atoms with Gasteiger partial charge in [0.25, 0.3) is 0 Å². The number of rotatable bonds is 7. The standard InChI is InChI=1S/C17H26N4O3/c1-3-16-18-19-17(24-16)12-20-7-8-21(14(10-20)6-9-22)11-15-5-4-13(2)23-15/h4-5,14,22H,3,6-12H2,1-2H3/t14-/m0/s1. The molecule has 1 aliphatic heterocycles. The van der Waals surface area contributed by atoms with Gasteiger partial charge < -0.3 is 13.9 Å². The van der Waals surface area contributed by atoms with Crippen molar-refractivity contribution in [3.63, 3.8) is 0 Å². The molecule has 1 N–H and O–H groups in total. The van der Waals surface area contributed by atoms with Gasteiger partial charge in [-0.05, 0) is 25.5 Å². The summed E-state index contributed by atoms with van der Waals surface area (Å²) in [6.07, 6.45) is 1.51. The van der Waals surface area contributed by atoms with Gasteiger partial charge in [0, 0.05) is 38.7 Å². The van der Waals surface area contributed by atoms with Crippen LogP contribution in [0.2, 0.25) is 0 Å². The third-order valence-electron chi connectivity index (χ3n) is 4.48. The summed E-state index contributed by atoms with van der Waals surface area (Å²) in [5.41, 5.74) is 0. The first-order chi connectivity index (χ1) is 11.7. The Hall–Kier alpha value is -1.70. The van der Waals surface area contributed by atoms with Crippen LogP contribution >= 0.6 is 0 Å². The van der Waals surface area contributed by atoms with E-state index in [2.05, 4.69) is 20.0 Å². The van der Waals surface area contributed by atoms with E-state index in [-0.39, 0.29) is 6.61 Å². The lowest BCUT2D eigenvalue weighted by molar-refractivity contribution is 0.0415. The predicted molar refractivity (Wildman–Crippen MR) is 88.3 cm³/mol. The molecule has 0 radical (unpaired) electrons. The van der Waals surface area contributed by atoms with Gasteiger partial charge in [-0.1, -0.05) is 6.92 Å². The third kappa shape index (κ3) is 4.23. The van der Waals surface area contributed by atoms with Crippen LogP contribution in [-0.4, -0.2) is 57.4 Å². The van der Waals surface area contributed by atoms with Crippen LogP contribution in [0.4, 0.5) is 0 Å². The summed E-state index contributed by atoms with van der Waals surface area (Å²) in [7, 11) is 0. The molecule has 1 fully saturated rings. The van der Waals surface area contributed by atoms with Gasteiger partial charge in [-0.3, -0.25) is 9.80 Å². The van der Waals surface area contributed by atoms with Crippen molar-refractivity contribution in [2.75, 3.05) is 26.2 Å². The Morgan fingerprint density at radius 2 is 2.00 bits per heavy atom. The largest absolute Gasteiger partial charge is 0.465 e. The number of hydrogen-bond donors (Lipinski definition) is 1. The molecule has 0 amide bonds. The van der Waals surface area contributed by atoms with Crippen LogP contribution in [0.3, 0.4) is 0 Å². The smallest absolute Gasteiger partial charge is 0.230 e. The van der Waals surface area contributed by atoms with Gasteiger partial charge in [0.15, 0.2) is 0 Å². The van der Waals surface area contributed by atoms with Gasteiger partial charge >= 0.3 is 0 Å². The van der Waals surface area contributed by atoms with Crippen molar-refractivity contribution in [2.24, 2.45) is 0 Å². The zero-order valence-electron chi connectivity index (χ0n) is 14.4. The van der Waals surface area contributed by atoms with Crippen LogP contribution in [0.25, 0.3) is 0 Å². The van der Waals surface area contributed by atoms with Gasteiger partial charge in [-0.15, -0.1) is 10.2 Å². The Labute approximate surface area is 142 Å². The quantitative estimate of drug-likeness (QED) is 0.824. The molecule has 3 heterocycles. The molecule has 2 aromatic heterocycles. The molecule has 0 aliphatic carbocycles. The number of piperazine rings is 1. The van der Waals surface area contributed by atoms with E-state index in [4.69, 9.17) is 8.83 Å². The lowest BCUT2D eigenvalue weighted by Crippen LogP contribution is -2.52. The summed E-state index contributed by atoms with van der Waals surface area (Å²) in [5, 5.41) is 17.5. The van der Waals surface area contributed by atoms with E-state index in [1.807, 2.05) is 26.0 Å². The molecule has 1 atom stereocenters. The lowest BCUT2D eigenvalue weighted by atomic mass is 10.1. The normalized spacial score (nSPS) is 19.9. The maximum atomic E-state index is 9.41. The first-order valence-corrected chi connectivity index (χ1v) is 8.61. The van der Waals surface area contributed by atoms with Crippen LogP contribution < -0.4 is 0 Å². The highest BCUT2D eigenvalue weighted by Gasteiger charge is 2.28. The van der Waals surface area contributed by atoms with Crippen molar-refractivity contribution in [3.05, 3.63) is 35.4 Å². The minimum absolute atomic E-state index is 0.187. The average Bonchev–Trinajstić information content (AvgIpc) is 3.19. The summed E-state index contributed by atoms with van der Waals surface area (Å²) in [4.78, 5) is 4.70. The summed E-state index contributed by atoms with van der Waals surface area (Å²) in [6, 6.07) is 4.32. The van der Waals surface area contributed by atoms with E-state index in [0.29, 0.717) is 24.4 Å². The summed E-state index contributed by atoms with van der Waals surface area (Å²) >= 11 is 0. The van der Waals surface area contributed by atoms with E-state index in [0.717, 1.165) is 50.5 Å². The number of hydrogen-bond acceptors (Lipinski definition) is 7. The molecule has 2 aromatic rings. The number of aliphatic hydroxyl groups excluding tert-OH is 1. The van der Waals surface area contributed by atoms with Gasteiger partial charge in [0.1, 0.15) is 11.5 Å². The van der Waals surface area contributed by atoms with E-state index < -0.39 is 0 Å². The van der Waals surface area contributed by atoms with Gasteiger partial charge in [0.2, 0.25) is 11.8 Å². The summed E-state index contributed by atoms with van der Waals surface area (Å²) in [5.74, 6) is 3.27. The van der Waals surface area contributed by atoms with Crippen molar-refractivity contribution < 1.29 is 13.9 Å². The zero-order valence-corrected chi connectivity index (χ0v) is 14.4. The van der Waals surface area contributed by atoms with E-state index >= 15 is 0 Å². The Morgan fingerprint density at radius 3 is 2.67 bits per heavy atom. The van der Waals surface area contributed by atoms with Crippen molar-refractivity contribution in [2.45, 2.75) is 45.8 Å². The number of furan rings is 1. The molecule has 1 aliphatic rings. The molecule has 0 unspecified atom stereocenters. The van der Waals surface area contributed by atoms with Crippen LogP contribution in [-0.2, 0) is 19.5 Å². The van der Waals surface area contributed by atoms with Crippen molar-refractivity contribution in [1.82, 2.24) is 20.0 Å². The fraction of sp³-hybridized carbons (Fsp3) is 0.647. The average molecular weight is 334 g/mol. The molecule has 7 nitrogen and oxygen atoms in total. The summed E-state index contributed by atoms with van der Waals surface area (Å²) < 4.78 is 11.3. The van der Waals surface area contributed by atoms with Crippen LogP contribution in [0.15, 0.2) is 21.0 Å². The molecule has 1 saturated heterocycles. The predicted octanol–water partition coefficient (Wildman–Crippen LogP) is 1.60. The van der Waals surface area contributed by atoms with E-state index in [1.165, 1.54) is 0 Å². The molecule has 3 rings (SSSR count). The molecule has 24 heavy (non-hydrogen) atoms. The molecule has 0 saturated carbocycles. The Bertz CT molecular complexity index is 639. The van der Waals surface area contributed by atoms with Crippen molar-refractivity contribution >= 4 is 0 Å². The van der Waals surface area contributed by atoms with Gasteiger partial charge in [-0.25, -0.2) is 0 Å². The first kappa shape index (κ1) is 17.1. The first-order valence-electron chi connectivity index (χ1n) is 8.61. The van der Waals surface area contributed by atoms with Crippen LogP contribution in [0.5, 0.6) is 0 Å². The van der Waals surface area contributed by atoms with Crippen LogP contribution in [0, 0.1) is 6.92 Å². The molecule has 7 heteroatoms. The van der Waals surface area contributed by atoms with E-state index in [1.54, 1.807) is 0 Å². The minimum atomic E-state index is 0.187. The number of aryl methyl sites for hydroxylation is 2. The van der Waals surface area contributed by atoms with E-state index in [9.17, 15) is 5.11 Å². The molecular weight excluding hydrogens is 308 g/mol. The molecule has 0 spiro atoms. The Kier molecular flexibility index (Phi) is 5.65. The van der Waals surface area contributed by atoms with Crippen LogP contribution in [0.1, 0.15) is 36.6 Å². The zero-order chi connectivity index (χ0) is 16.9. The minimum Gasteiger partial charge on any atom is -0.465 e. The monoisotopic (exact) mass is 334 g/mol. The lowest BCUT2D eigenvalue weighted by Gasteiger charge is -2.40. The highest BCUT2D eigenvalue weighted by Crippen LogP contribution is 2.19. The molecule has 0 bridgehead atoms. The second kappa shape index (κ2) is 7.92. The Balaban J connectivity index is 1.59. The number of aliphatic hydroxyl groups is 1. The summed E-state index contributed by atoms with van der Waals surface area (Å²) in [6.45, 7) is 8.35.